The number of aromatic nitrogens is 2. The maximum atomic E-state index is 13.0. The van der Waals surface area contributed by atoms with Gasteiger partial charge < -0.3 is 9.72 Å². The first-order valence-electron chi connectivity index (χ1n) is 7.94. The Morgan fingerprint density at radius 3 is 2.50 bits per heavy atom. The van der Waals surface area contributed by atoms with Crippen LogP contribution in [-0.2, 0) is 17.4 Å². The van der Waals surface area contributed by atoms with E-state index >= 15 is 0 Å². The number of nitrogens with one attached hydrogen (secondary N) is 1. The van der Waals surface area contributed by atoms with Crippen LogP contribution in [0, 0.1) is 11.3 Å². The fourth-order valence-corrected chi connectivity index (χ4v) is 2.60. The molecule has 0 radical (unpaired) electrons. The summed E-state index contributed by atoms with van der Waals surface area (Å²) in [4.78, 5) is 16.4. The van der Waals surface area contributed by atoms with E-state index in [1.165, 1.54) is 10.5 Å². The summed E-state index contributed by atoms with van der Waals surface area (Å²) in [5, 5.41) is 2.79. The van der Waals surface area contributed by atoms with Crippen LogP contribution < -0.4 is 5.32 Å². The Bertz CT molecular complexity index is 783. The number of alkyl halides is 3. The molecule has 1 aliphatic carbocycles. The van der Waals surface area contributed by atoms with Crippen molar-refractivity contribution in [2.45, 2.75) is 46.2 Å². The molecule has 0 aromatic carbocycles. The number of imidazole rings is 1. The van der Waals surface area contributed by atoms with Crippen LogP contribution in [0.2, 0.25) is 0 Å². The molecule has 4 nitrogen and oxygen atoms in total. The molecule has 24 heavy (non-hydrogen) atoms. The van der Waals surface area contributed by atoms with E-state index in [2.05, 4.69) is 10.3 Å². The number of halogens is 3. The first kappa shape index (κ1) is 16.8. The number of amides is 1. The average Bonchev–Trinajstić information content (AvgIpc) is 3.23. The standard InChI is InChI=1S/C17H20F3N3O/c1-16(2,3)8-12-14(22-15(24)10-4-5-10)21-13-7-6-11(9-23(12)13)17(18,19)20/h6-7,9-10H,4-5,8H2,1-3H3,(H,22,24). The second-order valence-electron chi connectivity index (χ2n) is 7.55. The minimum atomic E-state index is -4.42. The predicted octanol–water partition coefficient (Wildman–Crippen LogP) is 4.29. The molecular weight excluding hydrogens is 319 g/mol. The van der Waals surface area contributed by atoms with Gasteiger partial charge in [-0.1, -0.05) is 20.8 Å². The van der Waals surface area contributed by atoms with Crippen LogP contribution >= 0.6 is 0 Å². The number of carbonyl (C=O) groups excluding carboxylic acids is 1. The largest absolute Gasteiger partial charge is 0.417 e. The molecular formula is C17H20F3N3O. The van der Waals surface area contributed by atoms with Gasteiger partial charge in [-0.05, 0) is 36.8 Å². The highest BCUT2D eigenvalue weighted by Gasteiger charge is 2.33. The third kappa shape index (κ3) is 3.55. The van der Waals surface area contributed by atoms with Crippen LogP contribution in [0.25, 0.3) is 5.65 Å². The monoisotopic (exact) mass is 339 g/mol. The predicted molar refractivity (Wildman–Crippen MR) is 84.7 cm³/mol. The molecule has 0 unspecified atom stereocenters. The van der Waals surface area contributed by atoms with Crippen molar-refractivity contribution in [3.63, 3.8) is 0 Å². The number of rotatable bonds is 3. The van der Waals surface area contributed by atoms with Crippen molar-refractivity contribution in [1.82, 2.24) is 9.38 Å². The van der Waals surface area contributed by atoms with Gasteiger partial charge in [-0.15, -0.1) is 0 Å². The van der Waals surface area contributed by atoms with E-state index in [-0.39, 0.29) is 17.2 Å². The van der Waals surface area contributed by atoms with Crippen molar-refractivity contribution in [1.29, 1.82) is 0 Å². The van der Waals surface area contributed by atoms with Crippen LogP contribution in [0.5, 0.6) is 0 Å². The van der Waals surface area contributed by atoms with E-state index in [4.69, 9.17) is 0 Å². The first-order valence-corrected chi connectivity index (χ1v) is 7.94. The smallest absolute Gasteiger partial charge is 0.309 e. The van der Waals surface area contributed by atoms with Crippen LogP contribution in [0.1, 0.15) is 44.9 Å². The van der Waals surface area contributed by atoms with Crippen molar-refractivity contribution in [3.8, 4) is 0 Å². The minimum absolute atomic E-state index is 0.00281. The van der Waals surface area contributed by atoms with Gasteiger partial charge in [0.2, 0.25) is 5.91 Å². The van der Waals surface area contributed by atoms with E-state index < -0.39 is 11.7 Å². The molecule has 1 saturated carbocycles. The third-order valence-corrected chi connectivity index (χ3v) is 3.93. The zero-order chi connectivity index (χ0) is 17.7. The molecule has 0 spiro atoms. The van der Waals surface area contributed by atoms with Gasteiger partial charge in [0.1, 0.15) is 5.65 Å². The molecule has 0 saturated heterocycles. The summed E-state index contributed by atoms with van der Waals surface area (Å²) < 4.78 is 40.5. The molecule has 0 aliphatic heterocycles. The first-order chi connectivity index (χ1) is 11.0. The van der Waals surface area contributed by atoms with Crippen LogP contribution in [-0.4, -0.2) is 15.3 Å². The molecule has 2 aromatic rings. The van der Waals surface area contributed by atoms with E-state index in [1.54, 1.807) is 0 Å². The van der Waals surface area contributed by atoms with Crippen LogP contribution in [0.4, 0.5) is 19.0 Å². The molecule has 2 aromatic heterocycles. The SMILES string of the molecule is CC(C)(C)Cc1c(NC(=O)C2CC2)nc2ccc(C(F)(F)F)cn12. The topological polar surface area (TPSA) is 46.4 Å². The summed E-state index contributed by atoms with van der Waals surface area (Å²) in [5.74, 6) is 0.258. The molecule has 3 rings (SSSR count). The van der Waals surface area contributed by atoms with Crippen molar-refractivity contribution in [3.05, 3.63) is 29.6 Å². The molecule has 2 heterocycles. The number of pyridine rings is 1. The van der Waals surface area contributed by atoms with Gasteiger partial charge in [-0.2, -0.15) is 13.2 Å². The van der Waals surface area contributed by atoms with Crippen molar-refractivity contribution < 1.29 is 18.0 Å². The number of nitrogens with zero attached hydrogens (tertiary/aromatic N) is 2. The summed E-state index contributed by atoms with van der Waals surface area (Å²) in [6.07, 6.45) is -1.17. The Hall–Kier alpha value is -2.05. The van der Waals surface area contributed by atoms with E-state index in [9.17, 15) is 18.0 Å². The molecule has 1 aliphatic rings. The lowest BCUT2D eigenvalue weighted by molar-refractivity contribution is -0.137. The van der Waals surface area contributed by atoms with E-state index in [0.717, 1.165) is 25.1 Å². The summed E-state index contributed by atoms with van der Waals surface area (Å²) in [6, 6.07) is 2.34. The Kier molecular flexibility index (Phi) is 3.85. The Morgan fingerprint density at radius 2 is 1.96 bits per heavy atom. The summed E-state index contributed by atoms with van der Waals surface area (Å²) in [6.45, 7) is 5.98. The van der Waals surface area contributed by atoms with E-state index in [1.807, 2.05) is 20.8 Å². The van der Waals surface area contributed by atoms with Gasteiger partial charge in [0.15, 0.2) is 5.82 Å². The summed E-state index contributed by atoms with van der Waals surface area (Å²) in [5.41, 5.74) is 0.0945. The second kappa shape index (κ2) is 5.50. The average molecular weight is 339 g/mol. The van der Waals surface area contributed by atoms with Crippen LogP contribution in [0.15, 0.2) is 18.3 Å². The maximum absolute atomic E-state index is 13.0. The number of hydrogen-bond donors (Lipinski definition) is 1. The highest BCUT2D eigenvalue weighted by atomic mass is 19.4. The highest BCUT2D eigenvalue weighted by molar-refractivity contribution is 5.94. The van der Waals surface area contributed by atoms with E-state index in [0.29, 0.717) is 23.6 Å². The lowest BCUT2D eigenvalue weighted by atomic mass is 9.90. The van der Waals surface area contributed by atoms with Crippen molar-refractivity contribution in [2.24, 2.45) is 11.3 Å². The van der Waals surface area contributed by atoms with Crippen molar-refractivity contribution in [2.75, 3.05) is 5.32 Å². The van der Waals surface area contributed by atoms with Crippen LogP contribution in [0.3, 0.4) is 0 Å². The van der Waals surface area contributed by atoms with Crippen molar-refractivity contribution >= 4 is 17.4 Å². The van der Waals surface area contributed by atoms with Gasteiger partial charge >= 0.3 is 6.18 Å². The van der Waals surface area contributed by atoms with Gasteiger partial charge in [0.25, 0.3) is 0 Å². The molecule has 0 atom stereocenters. The zero-order valence-electron chi connectivity index (χ0n) is 13.9. The third-order valence-electron chi connectivity index (χ3n) is 3.93. The minimum Gasteiger partial charge on any atom is -0.309 e. The van der Waals surface area contributed by atoms with Gasteiger partial charge in [-0.25, -0.2) is 4.98 Å². The van der Waals surface area contributed by atoms with Gasteiger partial charge in [0, 0.05) is 12.1 Å². The number of hydrogen-bond acceptors (Lipinski definition) is 2. The van der Waals surface area contributed by atoms with Gasteiger partial charge in [-0.3, -0.25) is 4.79 Å². The molecule has 7 heteroatoms. The summed E-state index contributed by atoms with van der Waals surface area (Å²) >= 11 is 0. The molecule has 1 fully saturated rings. The second-order valence-corrected chi connectivity index (χ2v) is 7.55. The maximum Gasteiger partial charge on any atom is 0.417 e. The Morgan fingerprint density at radius 1 is 1.29 bits per heavy atom. The molecule has 0 bridgehead atoms. The summed E-state index contributed by atoms with van der Waals surface area (Å²) in [7, 11) is 0. The Balaban J connectivity index is 2.08. The molecule has 1 N–H and O–H groups in total. The molecule has 130 valence electrons. The number of fused-ring (bicyclic) bond motifs is 1. The fraction of sp³-hybridized carbons (Fsp3) is 0.529. The van der Waals surface area contributed by atoms with Gasteiger partial charge in [0.05, 0.1) is 11.3 Å². The zero-order valence-corrected chi connectivity index (χ0v) is 13.9. The lowest BCUT2D eigenvalue weighted by Gasteiger charge is -2.19. The quantitative estimate of drug-likeness (QED) is 0.907. The number of carbonyl (C=O) groups is 1. The normalized spacial score (nSPS) is 15.8. The Labute approximate surface area is 138 Å². The fourth-order valence-electron chi connectivity index (χ4n) is 2.60. The number of anilines is 1. The lowest BCUT2D eigenvalue weighted by Crippen LogP contribution is -2.18. The molecule has 1 amide bonds. The highest BCUT2D eigenvalue weighted by Crippen LogP contribution is 2.34.